The third-order valence-corrected chi connectivity index (χ3v) is 7.84. The number of benzene rings is 2. The quantitative estimate of drug-likeness (QED) is 0.617. The first kappa shape index (κ1) is 23.4. The van der Waals surface area contributed by atoms with Gasteiger partial charge in [-0.1, -0.05) is 55.0 Å². The number of ether oxygens (including phenoxy) is 1. The Morgan fingerprint density at radius 3 is 2.34 bits per heavy atom. The number of likely N-dealkylation sites (tertiary alicyclic amines) is 1. The van der Waals surface area contributed by atoms with Crippen LogP contribution in [-0.2, 0) is 14.3 Å². The van der Waals surface area contributed by atoms with Crippen LogP contribution in [0.5, 0.6) is 0 Å². The normalized spacial score (nSPS) is 23.1. The molecule has 7 heteroatoms. The number of nitrogens with zero attached hydrogens (tertiary/aromatic N) is 1. The number of carbonyl (C=O) groups excluding carboxylic acids is 2. The van der Waals surface area contributed by atoms with Crippen molar-refractivity contribution in [2.24, 2.45) is 11.8 Å². The molecule has 2 N–H and O–H groups in total. The van der Waals surface area contributed by atoms with Gasteiger partial charge in [-0.05, 0) is 53.9 Å². The first-order valence-corrected chi connectivity index (χ1v) is 12.6. The van der Waals surface area contributed by atoms with Gasteiger partial charge in [0.2, 0.25) is 5.91 Å². The smallest absolute Gasteiger partial charge is 0.407 e. The summed E-state index contributed by atoms with van der Waals surface area (Å²) < 4.78 is 5.70. The zero-order valence-electron chi connectivity index (χ0n) is 19.8. The monoisotopic (exact) mass is 476 g/mol. The van der Waals surface area contributed by atoms with Gasteiger partial charge in [0, 0.05) is 31.5 Å². The van der Waals surface area contributed by atoms with Crippen LogP contribution in [0.1, 0.15) is 55.6 Å². The highest BCUT2D eigenvalue weighted by atomic mass is 16.5. The predicted molar refractivity (Wildman–Crippen MR) is 131 cm³/mol. The number of carbonyl (C=O) groups is 3. The minimum Gasteiger partial charge on any atom is -0.481 e. The molecule has 2 aromatic rings. The molecular weight excluding hydrogens is 444 g/mol. The summed E-state index contributed by atoms with van der Waals surface area (Å²) in [7, 11) is 0. The van der Waals surface area contributed by atoms with Crippen molar-refractivity contribution in [2.45, 2.75) is 50.5 Å². The minimum absolute atomic E-state index is 0.00138. The summed E-state index contributed by atoms with van der Waals surface area (Å²) in [6.07, 6.45) is 3.52. The zero-order valence-corrected chi connectivity index (χ0v) is 19.8. The Morgan fingerprint density at radius 1 is 0.971 bits per heavy atom. The molecule has 0 aromatic heterocycles. The molecule has 0 spiro atoms. The van der Waals surface area contributed by atoms with E-state index >= 15 is 0 Å². The van der Waals surface area contributed by atoms with Crippen LogP contribution in [-0.4, -0.2) is 53.7 Å². The molecule has 1 unspecified atom stereocenters. The SMILES string of the molecule is O=C(O)CCC1CCN(C(=O)[C@@H]2CCC[C@@H]2NC(=O)OCC2c3ccccc3-c3ccccc32)C1. The lowest BCUT2D eigenvalue weighted by molar-refractivity contribution is -0.137. The first-order chi connectivity index (χ1) is 17.0. The molecule has 5 rings (SSSR count). The topological polar surface area (TPSA) is 95.9 Å². The number of alkyl carbamates (subject to hydrolysis) is 1. The Labute approximate surface area is 205 Å². The number of fused-ring (bicyclic) bond motifs is 3. The molecule has 1 saturated carbocycles. The van der Waals surface area contributed by atoms with E-state index < -0.39 is 12.1 Å². The molecule has 2 fully saturated rings. The second kappa shape index (κ2) is 10.1. The fourth-order valence-electron chi connectivity index (χ4n) is 6.05. The Hall–Kier alpha value is -3.35. The first-order valence-electron chi connectivity index (χ1n) is 12.6. The molecule has 1 saturated heterocycles. The maximum absolute atomic E-state index is 13.2. The van der Waals surface area contributed by atoms with Gasteiger partial charge in [0.15, 0.2) is 0 Å². The van der Waals surface area contributed by atoms with E-state index in [2.05, 4.69) is 29.6 Å². The average Bonchev–Trinajstić information content (AvgIpc) is 3.59. The van der Waals surface area contributed by atoms with Crippen LogP contribution in [0.4, 0.5) is 4.79 Å². The fraction of sp³-hybridized carbons (Fsp3) is 0.464. The Morgan fingerprint density at radius 2 is 1.66 bits per heavy atom. The average molecular weight is 477 g/mol. The highest BCUT2D eigenvalue weighted by molar-refractivity contribution is 5.81. The number of rotatable bonds is 7. The lowest BCUT2D eigenvalue weighted by Gasteiger charge is -2.25. The highest BCUT2D eigenvalue weighted by Gasteiger charge is 2.39. The van der Waals surface area contributed by atoms with E-state index in [0.717, 1.165) is 25.7 Å². The van der Waals surface area contributed by atoms with Gasteiger partial charge in [0.25, 0.3) is 0 Å². The number of aliphatic carboxylic acids is 1. The van der Waals surface area contributed by atoms with Gasteiger partial charge >= 0.3 is 12.1 Å². The van der Waals surface area contributed by atoms with E-state index in [1.807, 2.05) is 29.2 Å². The van der Waals surface area contributed by atoms with E-state index in [1.165, 1.54) is 22.3 Å². The van der Waals surface area contributed by atoms with Crippen LogP contribution in [0.15, 0.2) is 48.5 Å². The van der Waals surface area contributed by atoms with Gasteiger partial charge < -0.3 is 20.1 Å². The number of carboxylic acid groups (broad SMARTS) is 1. The van der Waals surface area contributed by atoms with Gasteiger partial charge in [0.05, 0.1) is 5.92 Å². The number of hydrogen-bond acceptors (Lipinski definition) is 4. The molecule has 2 aromatic carbocycles. The summed E-state index contributed by atoms with van der Waals surface area (Å²) >= 11 is 0. The molecule has 3 atom stereocenters. The van der Waals surface area contributed by atoms with E-state index in [0.29, 0.717) is 19.5 Å². The molecule has 3 aliphatic rings. The maximum Gasteiger partial charge on any atom is 0.407 e. The fourth-order valence-corrected chi connectivity index (χ4v) is 6.05. The molecule has 7 nitrogen and oxygen atoms in total. The second-order valence-electron chi connectivity index (χ2n) is 9.99. The van der Waals surface area contributed by atoms with Crippen molar-refractivity contribution in [3.63, 3.8) is 0 Å². The van der Waals surface area contributed by atoms with Crippen molar-refractivity contribution >= 4 is 18.0 Å². The Kier molecular flexibility index (Phi) is 6.75. The molecule has 1 heterocycles. The number of carboxylic acids is 1. The summed E-state index contributed by atoms with van der Waals surface area (Å²) in [6, 6.07) is 16.2. The highest BCUT2D eigenvalue weighted by Crippen LogP contribution is 2.44. The number of hydrogen-bond donors (Lipinski definition) is 2. The maximum atomic E-state index is 13.2. The Bertz CT molecular complexity index is 1070. The van der Waals surface area contributed by atoms with E-state index in [4.69, 9.17) is 9.84 Å². The predicted octanol–water partition coefficient (Wildman–Crippen LogP) is 4.41. The summed E-state index contributed by atoms with van der Waals surface area (Å²) in [6.45, 7) is 1.53. The molecular formula is C28H32N2O5. The Balaban J connectivity index is 1.16. The van der Waals surface area contributed by atoms with Gasteiger partial charge in [-0.3, -0.25) is 9.59 Å². The van der Waals surface area contributed by atoms with Gasteiger partial charge in [-0.2, -0.15) is 0 Å². The lowest BCUT2D eigenvalue weighted by Crippen LogP contribution is -2.45. The van der Waals surface area contributed by atoms with Crippen molar-refractivity contribution in [3.05, 3.63) is 59.7 Å². The largest absolute Gasteiger partial charge is 0.481 e. The molecule has 35 heavy (non-hydrogen) atoms. The van der Waals surface area contributed by atoms with Crippen LogP contribution in [0, 0.1) is 11.8 Å². The van der Waals surface area contributed by atoms with Crippen molar-refractivity contribution in [1.82, 2.24) is 10.2 Å². The molecule has 2 aliphatic carbocycles. The van der Waals surface area contributed by atoms with Gasteiger partial charge in [-0.15, -0.1) is 0 Å². The number of nitrogens with one attached hydrogen (secondary N) is 1. The zero-order chi connectivity index (χ0) is 24.4. The molecule has 0 radical (unpaired) electrons. The molecule has 2 amide bonds. The van der Waals surface area contributed by atoms with Crippen molar-refractivity contribution < 1.29 is 24.2 Å². The van der Waals surface area contributed by atoms with Crippen LogP contribution < -0.4 is 5.32 Å². The van der Waals surface area contributed by atoms with Gasteiger partial charge in [0.1, 0.15) is 6.61 Å². The van der Waals surface area contributed by atoms with Crippen LogP contribution in [0.25, 0.3) is 11.1 Å². The summed E-state index contributed by atoms with van der Waals surface area (Å²) in [5.41, 5.74) is 4.71. The third kappa shape index (κ3) is 4.90. The van der Waals surface area contributed by atoms with E-state index in [-0.39, 0.29) is 42.7 Å². The summed E-state index contributed by atoms with van der Waals surface area (Å²) in [5, 5.41) is 11.9. The van der Waals surface area contributed by atoms with Gasteiger partial charge in [-0.25, -0.2) is 4.79 Å². The standard InChI is InChI=1S/C28H32N2O5/c31-26(32)13-12-18-14-15-30(16-18)27(33)23-10-5-11-25(23)29-28(34)35-17-24-21-8-3-1-6-19(21)20-7-2-4-9-22(20)24/h1-4,6-9,18,23-25H,5,10-17H2,(H,29,34)(H,31,32)/t18?,23-,25+/m1/s1. The number of amides is 2. The van der Waals surface area contributed by atoms with Crippen LogP contribution in [0.2, 0.25) is 0 Å². The van der Waals surface area contributed by atoms with Crippen molar-refractivity contribution in [1.29, 1.82) is 0 Å². The minimum atomic E-state index is -0.794. The summed E-state index contributed by atoms with van der Waals surface area (Å²) in [4.78, 5) is 38.6. The van der Waals surface area contributed by atoms with Crippen molar-refractivity contribution in [3.8, 4) is 11.1 Å². The molecule has 1 aliphatic heterocycles. The van der Waals surface area contributed by atoms with Crippen molar-refractivity contribution in [2.75, 3.05) is 19.7 Å². The molecule has 0 bridgehead atoms. The van der Waals surface area contributed by atoms with E-state index in [9.17, 15) is 14.4 Å². The lowest BCUT2D eigenvalue weighted by atomic mass is 9.98. The molecule has 184 valence electrons. The summed E-state index contributed by atoms with van der Waals surface area (Å²) in [5.74, 6) is -0.720. The second-order valence-corrected chi connectivity index (χ2v) is 9.99. The van der Waals surface area contributed by atoms with E-state index in [1.54, 1.807) is 0 Å². The van der Waals surface area contributed by atoms with Crippen LogP contribution >= 0.6 is 0 Å². The van der Waals surface area contributed by atoms with Crippen LogP contribution in [0.3, 0.4) is 0 Å². The third-order valence-electron chi connectivity index (χ3n) is 7.84.